The monoisotopic (exact) mass is 487 g/mol. The topological polar surface area (TPSA) is 65.1 Å². The van der Waals surface area contributed by atoms with Gasteiger partial charge >= 0.3 is 12.1 Å². The van der Waals surface area contributed by atoms with Crippen LogP contribution in [0.3, 0.4) is 0 Å². The van der Waals surface area contributed by atoms with Crippen LogP contribution in [-0.4, -0.2) is 48.4 Å². The Morgan fingerprint density at radius 3 is 1.61 bits per heavy atom. The number of carbonyl (C=O) groups is 2. The number of ether oxygens (including phenoxy) is 3. The van der Waals surface area contributed by atoms with E-state index in [1.807, 2.05) is 91.0 Å². The van der Waals surface area contributed by atoms with E-state index in [1.54, 1.807) is 20.8 Å². The molecule has 0 spiro atoms. The van der Waals surface area contributed by atoms with Crippen molar-refractivity contribution >= 4 is 12.1 Å². The van der Waals surface area contributed by atoms with Gasteiger partial charge in [0.1, 0.15) is 17.2 Å². The van der Waals surface area contributed by atoms with Gasteiger partial charge in [-0.25, -0.2) is 9.59 Å². The molecule has 1 aliphatic heterocycles. The lowest BCUT2D eigenvalue weighted by Crippen LogP contribution is -2.44. The number of likely N-dealkylation sites (tertiary alicyclic amines) is 1. The van der Waals surface area contributed by atoms with Crippen LogP contribution in [0.4, 0.5) is 4.79 Å². The lowest BCUT2D eigenvalue weighted by molar-refractivity contribution is -0.145. The van der Waals surface area contributed by atoms with Crippen molar-refractivity contribution in [3.05, 3.63) is 108 Å². The maximum absolute atomic E-state index is 13.1. The summed E-state index contributed by atoms with van der Waals surface area (Å²) >= 11 is 0. The van der Waals surface area contributed by atoms with E-state index in [-0.39, 0.29) is 6.54 Å². The highest BCUT2D eigenvalue weighted by Crippen LogP contribution is 2.43. The zero-order valence-electron chi connectivity index (χ0n) is 21.2. The molecule has 188 valence electrons. The van der Waals surface area contributed by atoms with E-state index in [4.69, 9.17) is 14.2 Å². The molecule has 0 radical (unpaired) electrons. The molecule has 0 aromatic heterocycles. The predicted octanol–water partition coefficient (Wildman–Crippen LogP) is 5.55. The average molecular weight is 488 g/mol. The van der Waals surface area contributed by atoms with Crippen molar-refractivity contribution in [2.75, 3.05) is 13.7 Å². The number of esters is 1. The number of methoxy groups -OCH3 is 1. The van der Waals surface area contributed by atoms with Crippen LogP contribution in [0.5, 0.6) is 0 Å². The Kier molecular flexibility index (Phi) is 7.45. The first kappa shape index (κ1) is 25.5. The molecule has 1 saturated heterocycles. The number of hydrogen-bond acceptors (Lipinski definition) is 5. The molecule has 36 heavy (non-hydrogen) atoms. The summed E-state index contributed by atoms with van der Waals surface area (Å²) in [6, 6.07) is 29.3. The standard InChI is InChI=1S/C30H33NO5/c1-29(2,3)36-28(33)31-21-25(20-26(31)27(32)34-4)35-30(22-14-8-5-9-15-22,23-16-10-6-11-17-23)24-18-12-7-13-19-24/h5-19,25-26H,20-21H2,1-4H3/t25-,26+/m1/s1. The Morgan fingerprint density at radius 1 is 0.778 bits per heavy atom. The molecule has 0 saturated carbocycles. The third-order valence-electron chi connectivity index (χ3n) is 6.25. The van der Waals surface area contributed by atoms with Gasteiger partial charge in [0.05, 0.1) is 19.8 Å². The highest BCUT2D eigenvalue weighted by Gasteiger charge is 2.47. The predicted molar refractivity (Wildman–Crippen MR) is 137 cm³/mol. The highest BCUT2D eigenvalue weighted by atomic mass is 16.6. The molecule has 6 nitrogen and oxygen atoms in total. The zero-order chi connectivity index (χ0) is 25.8. The number of carbonyl (C=O) groups excluding carboxylic acids is 2. The molecule has 1 aliphatic rings. The van der Waals surface area contributed by atoms with Gasteiger partial charge in [0.15, 0.2) is 0 Å². The van der Waals surface area contributed by atoms with E-state index in [0.29, 0.717) is 6.42 Å². The quantitative estimate of drug-likeness (QED) is 0.337. The van der Waals surface area contributed by atoms with Gasteiger partial charge in [0.2, 0.25) is 0 Å². The molecule has 6 heteroatoms. The maximum atomic E-state index is 13.1. The molecule has 0 aliphatic carbocycles. The van der Waals surface area contributed by atoms with Crippen molar-refractivity contribution in [1.82, 2.24) is 4.90 Å². The third-order valence-corrected chi connectivity index (χ3v) is 6.25. The Bertz CT molecular complexity index is 1060. The Labute approximate surface area is 212 Å². The molecule has 1 heterocycles. The molecule has 0 N–H and O–H groups in total. The summed E-state index contributed by atoms with van der Waals surface area (Å²) in [5, 5.41) is 0. The van der Waals surface area contributed by atoms with Crippen molar-refractivity contribution in [3.8, 4) is 0 Å². The Morgan fingerprint density at radius 2 is 1.22 bits per heavy atom. The summed E-state index contributed by atoms with van der Waals surface area (Å²) in [5.41, 5.74) is 1.20. The van der Waals surface area contributed by atoms with Crippen molar-refractivity contribution in [2.24, 2.45) is 0 Å². The third kappa shape index (κ3) is 5.29. The first-order valence-corrected chi connectivity index (χ1v) is 12.2. The number of rotatable bonds is 6. The van der Waals surface area contributed by atoms with Gasteiger partial charge in [-0.2, -0.15) is 0 Å². The first-order valence-electron chi connectivity index (χ1n) is 12.2. The average Bonchev–Trinajstić information content (AvgIpc) is 3.31. The molecule has 3 aromatic carbocycles. The van der Waals surface area contributed by atoms with Crippen LogP contribution in [0.1, 0.15) is 43.9 Å². The summed E-state index contributed by atoms with van der Waals surface area (Å²) in [5.74, 6) is -0.489. The number of amides is 1. The van der Waals surface area contributed by atoms with Gasteiger partial charge in [-0.3, -0.25) is 4.90 Å². The fraction of sp³-hybridized carbons (Fsp3) is 0.333. The summed E-state index contributed by atoms with van der Waals surface area (Å²) in [4.78, 5) is 27.2. The minimum Gasteiger partial charge on any atom is -0.467 e. The first-order chi connectivity index (χ1) is 17.2. The lowest BCUT2D eigenvalue weighted by Gasteiger charge is -2.38. The van der Waals surface area contributed by atoms with Crippen LogP contribution in [0, 0.1) is 0 Å². The minimum atomic E-state index is -0.959. The molecule has 1 amide bonds. The van der Waals surface area contributed by atoms with Gasteiger partial charge in [-0.15, -0.1) is 0 Å². The van der Waals surface area contributed by atoms with E-state index >= 15 is 0 Å². The van der Waals surface area contributed by atoms with E-state index in [9.17, 15) is 9.59 Å². The Balaban J connectivity index is 1.79. The molecule has 1 fully saturated rings. The molecular weight excluding hydrogens is 454 g/mol. The van der Waals surface area contributed by atoms with Crippen LogP contribution < -0.4 is 0 Å². The summed E-state index contributed by atoms with van der Waals surface area (Å²) in [6.45, 7) is 5.59. The fourth-order valence-corrected chi connectivity index (χ4v) is 4.74. The SMILES string of the molecule is COC(=O)[C@@H]1C[C@@H](OC(c2ccccc2)(c2ccccc2)c2ccccc2)CN1C(=O)OC(C)(C)C. The fourth-order valence-electron chi connectivity index (χ4n) is 4.74. The van der Waals surface area contributed by atoms with E-state index in [0.717, 1.165) is 16.7 Å². The van der Waals surface area contributed by atoms with Gasteiger partial charge < -0.3 is 14.2 Å². The number of hydrogen-bond donors (Lipinski definition) is 0. The molecule has 0 bridgehead atoms. The summed E-state index contributed by atoms with van der Waals surface area (Å²) < 4.78 is 17.7. The van der Waals surface area contributed by atoms with Crippen LogP contribution >= 0.6 is 0 Å². The smallest absolute Gasteiger partial charge is 0.411 e. The molecule has 2 atom stereocenters. The minimum absolute atomic E-state index is 0.197. The van der Waals surface area contributed by atoms with Crippen molar-refractivity contribution in [3.63, 3.8) is 0 Å². The number of benzene rings is 3. The van der Waals surface area contributed by atoms with Crippen molar-refractivity contribution in [1.29, 1.82) is 0 Å². The van der Waals surface area contributed by atoms with Crippen LogP contribution in [-0.2, 0) is 24.6 Å². The lowest BCUT2D eigenvalue weighted by atomic mass is 9.80. The van der Waals surface area contributed by atoms with Crippen LogP contribution in [0.15, 0.2) is 91.0 Å². The summed E-state index contributed by atoms with van der Waals surface area (Å²) in [7, 11) is 1.33. The van der Waals surface area contributed by atoms with Gasteiger partial charge in [0, 0.05) is 6.42 Å². The van der Waals surface area contributed by atoms with E-state index < -0.39 is 35.4 Å². The largest absolute Gasteiger partial charge is 0.467 e. The van der Waals surface area contributed by atoms with Crippen molar-refractivity contribution < 1.29 is 23.8 Å². The van der Waals surface area contributed by atoms with Crippen LogP contribution in [0.25, 0.3) is 0 Å². The Hall–Kier alpha value is -3.64. The number of nitrogens with zero attached hydrogens (tertiary/aromatic N) is 1. The second kappa shape index (κ2) is 10.5. The second-order valence-electron chi connectivity index (χ2n) is 9.93. The van der Waals surface area contributed by atoms with Gasteiger partial charge in [-0.05, 0) is 37.5 Å². The molecule has 3 aromatic rings. The molecular formula is C30H33NO5. The van der Waals surface area contributed by atoms with Gasteiger partial charge in [-0.1, -0.05) is 91.0 Å². The maximum Gasteiger partial charge on any atom is 0.411 e. The molecule has 4 rings (SSSR count). The zero-order valence-corrected chi connectivity index (χ0v) is 21.2. The van der Waals surface area contributed by atoms with Crippen molar-refractivity contribution in [2.45, 2.75) is 50.5 Å². The van der Waals surface area contributed by atoms with E-state index in [2.05, 4.69) is 0 Å². The molecule has 0 unspecified atom stereocenters. The highest BCUT2D eigenvalue weighted by molar-refractivity contribution is 5.82. The second-order valence-corrected chi connectivity index (χ2v) is 9.93. The normalized spacial score (nSPS) is 18.1. The summed E-state index contributed by atoms with van der Waals surface area (Å²) in [6.07, 6.45) is -0.726. The van der Waals surface area contributed by atoms with E-state index in [1.165, 1.54) is 12.0 Å². The van der Waals surface area contributed by atoms with Crippen LogP contribution in [0.2, 0.25) is 0 Å². The van der Waals surface area contributed by atoms with Gasteiger partial charge in [0.25, 0.3) is 0 Å².